The summed E-state index contributed by atoms with van der Waals surface area (Å²) in [6.45, 7) is 0.792. The predicted octanol–water partition coefficient (Wildman–Crippen LogP) is 2.34. The van der Waals surface area contributed by atoms with Crippen molar-refractivity contribution in [2.24, 2.45) is 0 Å². The van der Waals surface area contributed by atoms with Gasteiger partial charge in [-0.15, -0.1) is 11.3 Å². The van der Waals surface area contributed by atoms with Crippen LogP contribution in [0.5, 0.6) is 0 Å². The lowest BCUT2D eigenvalue weighted by Crippen LogP contribution is -2.40. The van der Waals surface area contributed by atoms with Crippen molar-refractivity contribution < 1.29 is 4.79 Å². The van der Waals surface area contributed by atoms with Crippen LogP contribution in [0.4, 0.5) is 0 Å². The van der Waals surface area contributed by atoms with Crippen LogP contribution in [0.15, 0.2) is 24.5 Å². The molecule has 1 amide bonds. The van der Waals surface area contributed by atoms with Crippen molar-refractivity contribution in [1.82, 2.24) is 14.9 Å². The third kappa shape index (κ3) is 2.28. The number of aryl methyl sites for hydroxylation is 1. The van der Waals surface area contributed by atoms with Crippen LogP contribution in [-0.4, -0.2) is 21.5 Å². The number of rotatable bonds is 2. The van der Waals surface area contributed by atoms with Gasteiger partial charge in [0.2, 0.25) is 0 Å². The van der Waals surface area contributed by atoms with Gasteiger partial charge in [-0.05, 0) is 18.6 Å². The summed E-state index contributed by atoms with van der Waals surface area (Å²) in [5.74, 6) is 1.06. The van der Waals surface area contributed by atoms with Gasteiger partial charge in [-0.25, -0.2) is 4.98 Å². The fraction of sp³-hybridized carbons (Fsp3) is 0.333. The average molecular weight is 282 g/mol. The number of nitrogens with zero attached hydrogens (tertiary/aromatic N) is 2. The highest BCUT2D eigenvalue weighted by molar-refractivity contribution is 7.17. The van der Waals surface area contributed by atoms with Gasteiger partial charge in [-0.3, -0.25) is 4.79 Å². The average Bonchev–Trinajstić information content (AvgIpc) is 2.96. The van der Waals surface area contributed by atoms with Gasteiger partial charge in [0.05, 0.1) is 9.21 Å². The number of hydrogen-bond acceptors (Lipinski definition) is 3. The van der Waals surface area contributed by atoms with Gasteiger partial charge in [0, 0.05) is 31.4 Å². The normalized spacial score (nSPS) is 18.4. The number of carbonyl (C=O) groups is 1. The number of hydrogen-bond donors (Lipinski definition) is 1. The maximum Gasteiger partial charge on any atom is 0.261 e. The molecule has 0 aromatic carbocycles. The molecule has 0 spiro atoms. The molecule has 3 heterocycles. The molecule has 4 nitrogen and oxygen atoms in total. The zero-order valence-corrected chi connectivity index (χ0v) is 11.2. The number of amides is 1. The molecule has 2 aromatic rings. The van der Waals surface area contributed by atoms with E-state index in [4.69, 9.17) is 11.6 Å². The Morgan fingerprint density at radius 2 is 2.44 bits per heavy atom. The Morgan fingerprint density at radius 3 is 3.22 bits per heavy atom. The quantitative estimate of drug-likeness (QED) is 0.918. The number of imidazole rings is 1. The smallest absolute Gasteiger partial charge is 0.261 e. The summed E-state index contributed by atoms with van der Waals surface area (Å²) in [5, 5.41) is 3.04. The lowest BCUT2D eigenvalue weighted by Gasteiger charge is -2.24. The first-order valence-electron chi connectivity index (χ1n) is 5.78. The zero-order chi connectivity index (χ0) is 12.5. The molecule has 2 aromatic heterocycles. The first kappa shape index (κ1) is 11.7. The number of fused-ring (bicyclic) bond motifs is 1. The summed E-state index contributed by atoms with van der Waals surface area (Å²) in [5.41, 5.74) is 0. The lowest BCUT2D eigenvalue weighted by molar-refractivity contribution is 0.0931. The number of halogens is 1. The van der Waals surface area contributed by atoms with E-state index in [2.05, 4.69) is 14.9 Å². The molecule has 0 fully saturated rings. The molecule has 3 rings (SSSR count). The standard InChI is InChI=1S/C12H12ClN3OS/c13-10-3-2-9(18-10)12(17)15-8-1-4-11-14-5-6-16(11)7-8/h2-3,5-6,8H,1,4,7H2,(H,15,17)/t8-/m1/s1. The van der Waals surface area contributed by atoms with Gasteiger partial charge in [-0.2, -0.15) is 0 Å². The van der Waals surface area contributed by atoms with E-state index in [1.54, 1.807) is 18.3 Å². The Labute approximate surface area is 114 Å². The molecule has 0 saturated carbocycles. The fourth-order valence-electron chi connectivity index (χ4n) is 2.18. The van der Waals surface area contributed by atoms with Crippen molar-refractivity contribution in [3.05, 3.63) is 39.6 Å². The fourth-order valence-corrected chi connectivity index (χ4v) is 3.12. The molecule has 1 aliphatic rings. The van der Waals surface area contributed by atoms with Gasteiger partial charge in [-0.1, -0.05) is 11.6 Å². The second kappa shape index (κ2) is 4.74. The van der Waals surface area contributed by atoms with Gasteiger partial charge < -0.3 is 9.88 Å². The second-order valence-corrected chi connectivity index (χ2v) is 6.02. The maximum absolute atomic E-state index is 12.0. The van der Waals surface area contributed by atoms with Gasteiger partial charge in [0.25, 0.3) is 5.91 Å². The van der Waals surface area contributed by atoms with E-state index in [9.17, 15) is 4.79 Å². The highest BCUT2D eigenvalue weighted by Gasteiger charge is 2.21. The molecule has 6 heteroatoms. The molecular formula is C12H12ClN3OS. The van der Waals surface area contributed by atoms with E-state index in [-0.39, 0.29) is 11.9 Å². The molecule has 0 radical (unpaired) electrons. The summed E-state index contributed by atoms with van der Waals surface area (Å²) in [7, 11) is 0. The number of aromatic nitrogens is 2. The molecule has 1 N–H and O–H groups in total. The summed E-state index contributed by atoms with van der Waals surface area (Å²) >= 11 is 7.13. The largest absolute Gasteiger partial charge is 0.347 e. The minimum atomic E-state index is -0.0412. The van der Waals surface area contributed by atoms with Crippen LogP contribution < -0.4 is 5.32 Å². The Balaban J connectivity index is 1.66. The summed E-state index contributed by atoms with van der Waals surface area (Å²) in [6, 6.07) is 3.67. The Bertz CT molecular complexity index is 577. The Hall–Kier alpha value is -1.33. The minimum Gasteiger partial charge on any atom is -0.347 e. The van der Waals surface area contributed by atoms with E-state index >= 15 is 0 Å². The molecule has 1 aliphatic heterocycles. The summed E-state index contributed by atoms with van der Waals surface area (Å²) < 4.78 is 2.73. The van der Waals surface area contributed by atoms with Crippen LogP contribution in [0.25, 0.3) is 0 Å². The number of thiophene rings is 1. The van der Waals surface area contributed by atoms with Crippen molar-refractivity contribution in [2.45, 2.75) is 25.4 Å². The van der Waals surface area contributed by atoms with Crippen LogP contribution in [0, 0.1) is 0 Å². The van der Waals surface area contributed by atoms with Crippen molar-refractivity contribution >= 4 is 28.8 Å². The topological polar surface area (TPSA) is 46.9 Å². The molecule has 0 bridgehead atoms. The SMILES string of the molecule is O=C(N[C@@H]1CCc2nccn2C1)c1ccc(Cl)s1. The van der Waals surface area contributed by atoms with Gasteiger partial charge >= 0.3 is 0 Å². The third-order valence-corrected chi connectivity index (χ3v) is 4.30. The predicted molar refractivity (Wildman–Crippen MR) is 71.1 cm³/mol. The third-order valence-electron chi connectivity index (χ3n) is 3.07. The number of nitrogens with one attached hydrogen (secondary N) is 1. The van der Waals surface area contributed by atoms with E-state index in [0.717, 1.165) is 25.2 Å². The highest BCUT2D eigenvalue weighted by atomic mass is 35.5. The monoisotopic (exact) mass is 281 g/mol. The maximum atomic E-state index is 12.0. The first-order chi connectivity index (χ1) is 8.72. The van der Waals surface area contributed by atoms with E-state index in [1.807, 2.05) is 6.20 Å². The molecule has 0 saturated heterocycles. The van der Waals surface area contributed by atoms with Gasteiger partial charge in [0.15, 0.2) is 0 Å². The van der Waals surface area contributed by atoms with Crippen LogP contribution in [0.3, 0.4) is 0 Å². The molecule has 94 valence electrons. The molecule has 18 heavy (non-hydrogen) atoms. The van der Waals surface area contributed by atoms with Gasteiger partial charge in [0.1, 0.15) is 5.82 Å². The zero-order valence-electron chi connectivity index (χ0n) is 9.60. The first-order valence-corrected chi connectivity index (χ1v) is 6.98. The van der Waals surface area contributed by atoms with Crippen LogP contribution in [0.2, 0.25) is 4.34 Å². The highest BCUT2D eigenvalue weighted by Crippen LogP contribution is 2.22. The van der Waals surface area contributed by atoms with Crippen molar-refractivity contribution in [2.75, 3.05) is 0 Å². The summed E-state index contributed by atoms with van der Waals surface area (Å²) in [6.07, 6.45) is 5.60. The van der Waals surface area contributed by atoms with E-state index in [0.29, 0.717) is 9.21 Å². The van der Waals surface area contributed by atoms with E-state index in [1.165, 1.54) is 11.3 Å². The van der Waals surface area contributed by atoms with Crippen molar-refractivity contribution in [3.63, 3.8) is 0 Å². The van der Waals surface area contributed by atoms with Crippen molar-refractivity contribution in [3.8, 4) is 0 Å². The lowest BCUT2D eigenvalue weighted by atomic mass is 10.1. The summed E-state index contributed by atoms with van der Waals surface area (Å²) in [4.78, 5) is 16.9. The molecule has 1 atom stereocenters. The van der Waals surface area contributed by atoms with Crippen molar-refractivity contribution in [1.29, 1.82) is 0 Å². The Morgan fingerprint density at radius 1 is 1.56 bits per heavy atom. The van der Waals surface area contributed by atoms with Crippen LogP contribution in [0.1, 0.15) is 21.9 Å². The molecule has 0 unspecified atom stereocenters. The second-order valence-electron chi connectivity index (χ2n) is 4.31. The van der Waals surface area contributed by atoms with E-state index < -0.39 is 0 Å². The van der Waals surface area contributed by atoms with Crippen LogP contribution >= 0.6 is 22.9 Å². The molecular weight excluding hydrogens is 270 g/mol. The van der Waals surface area contributed by atoms with Crippen LogP contribution in [-0.2, 0) is 13.0 Å². The number of carbonyl (C=O) groups excluding carboxylic acids is 1. The Kier molecular flexibility index (Phi) is 3.09. The molecule has 0 aliphatic carbocycles. The minimum absolute atomic E-state index is 0.0412.